The minimum Gasteiger partial charge on any atom is -0.490 e. The molecular formula is C15H22N2O3. The lowest BCUT2D eigenvalue weighted by Gasteiger charge is -2.28. The Hall–Kier alpha value is -1.62. The summed E-state index contributed by atoms with van der Waals surface area (Å²) >= 11 is 0. The summed E-state index contributed by atoms with van der Waals surface area (Å²) in [4.78, 5) is 10.6. The molecule has 1 aromatic carbocycles. The van der Waals surface area contributed by atoms with E-state index in [1.54, 1.807) is 12.1 Å². The third-order valence-corrected chi connectivity index (χ3v) is 4.25. The normalized spacial score (nSPS) is 20.9. The van der Waals surface area contributed by atoms with Gasteiger partial charge in [-0.05, 0) is 29.9 Å². The molecule has 1 unspecified atom stereocenters. The molecule has 0 bridgehead atoms. The van der Waals surface area contributed by atoms with Crippen molar-refractivity contribution >= 4 is 5.69 Å². The van der Waals surface area contributed by atoms with Gasteiger partial charge in [0, 0.05) is 18.7 Å². The molecule has 1 fully saturated rings. The number of hydrogen-bond donors (Lipinski definition) is 1. The van der Waals surface area contributed by atoms with Crippen LogP contribution in [0.25, 0.3) is 0 Å². The molecule has 0 aromatic heterocycles. The molecule has 1 saturated carbocycles. The number of nitrogens with zero attached hydrogens (tertiary/aromatic N) is 1. The van der Waals surface area contributed by atoms with Crippen LogP contribution in [-0.4, -0.2) is 18.1 Å². The van der Waals surface area contributed by atoms with Crippen molar-refractivity contribution in [3.8, 4) is 5.75 Å². The van der Waals surface area contributed by atoms with E-state index in [-0.39, 0.29) is 5.69 Å². The van der Waals surface area contributed by atoms with Crippen LogP contribution in [0.1, 0.15) is 38.7 Å². The molecule has 1 N–H and O–H groups in total. The van der Waals surface area contributed by atoms with Crippen LogP contribution in [0.5, 0.6) is 5.75 Å². The van der Waals surface area contributed by atoms with Crippen LogP contribution in [0, 0.1) is 15.5 Å². The number of ether oxygens (including phenoxy) is 1. The number of methoxy groups -OCH3 is 1. The molecule has 110 valence electrons. The molecule has 0 saturated heterocycles. The molecule has 0 spiro atoms. The van der Waals surface area contributed by atoms with E-state index in [0.717, 1.165) is 5.56 Å². The molecule has 1 aliphatic rings. The predicted molar refractivity (Wildman–Crippen MR) is 77.9 cm³/mol. The number of nitro groups is 1. The lowest BCUT2D eigenvalue weighted by molar-refractivity contribution is -0.385. The van der Waals surface area contributed by atoms with Gasteiger partial charge in [0.15, 0.2) is 5.75 Å². The second-order valence-corrected chi connectivity index (χ2v) is 6.08. The highest BCUT2D eigenvalue weighted by Crippen LogP contribution is 2.37. The van der Waals surface area contributed by atoms with Crippen molar-refractivity contribution in [1.29, 1.82) is 0 Å². The summed E-state index contributed by atoms with van der Waals surface area (Å²) in [6, 6.07) is 5.60. The number of benzene rings is 1. The summed E-state index contributed by atoms with van der Waals surface area (Å²) in [5.41, 5.74) is 1.25. The first-order valence-electron chi connectivity index (χ1n) is 6.99. The number of nitrogens with one attached hydrogen (secondary N) is 1. The number of hydrogen-bond acceptors (Lipinski definition) is 4. The van der Waals surface area contributed by atoms with Crippen LogP contribution >= 0.6 is 0 Å². The van der Waals surface area contributed by atoms with Crippen molar-refractivity contribution in [2.45, 2.75) is 45.7 Å². The van der Waals surface area contributed by atoms with Gasteiger partial charge >= 0.3 is 5.69 Å². The van der Waals surface area contributed by atoms with Gasteiger partial charge in [-0.25, -0.2) is 0 Å². The van der Waals surface area contributed by atoms with Crippen LogP contribution < -0.4 is 10.1 Å². The van der Waals surface area contributed by atoms with Crippen molar-refractivity contribution in [2.75, 3.05) is 7.11 Å². The summed E-state index contributed by atoms with van der Waals surface area (Å²) in [6.45, 7) is 5.20. The molecule has 1 aliphatic carbocycles. The van der Waals surface area contributed by atoms with Gasteiger partial charge in [-0.1, -0.05) is 26.3 Å². The fraction of sp³-hybridized carbons (Fsp3) is 0.600. The van der Waals surface area contributed by atoms with E-state index < -0.39 is 4.92 Å². The summed E-state index contributed by atoms with van der Waals surface area (Å²) in [5.74, 6) is 0.306. The van der Waals surface area contributed by atoms with E-state index in [1.165, 1.54) is 26.4 Å². The monoisotopic (exact) mass is 278 g/mol. The predicted octanol–water partition coefficient (Wildman–Crippen LogP) is 3.27. The molecule has 0 amide bonds. The maximum atomic E-state index is 11.0. The lowest BCUT2D eigenvalue weighted by Crippen LogP contribution is -2.37. The van der Waals surface area contributed by atoms with Crippen molar-refractivity contribution in [2.24, 2.45) is 5.41 Å². The third-order valence-electron chi connectivity index (χ3n) is 4.25. The Balaban J connectivity index is 2.07. The highest BCUT2D eigenvalue weighted by Gasteiger charge is 2.33. The topological polar surface area (TPSA) is 64.4 Å². The molecular weight excluding hydrogens is 256 g/mol. The van der Waals surface area contributed by atoms with Crippen LogP contribution in [0.15, 0.2) is 18.2 Å². The maximum Gasteiger partial charge on any atom is 0.311 e. The second kappa shape index (κ2) is 5.79. The van der Waals surface area contributed by atoms with E-state index in [0.29, 0.717) is 23.8 Å². The lowest BCUT2D eigenvalue weighted by atomic mass is 9.87. The molecule has 0 aliphatic heterocycles. The summed E-state index contributed by atoms with van der Waals surface area (Å²) in [5, 5.41) is 14.5. The summed E-state index contributed by atoms with van der Waals surface area (Å²) in [7, 11) is 1.45. The van der Waals surface area contributed by atoms with Crippen LogP contribution in [0.3, 0.4) is 0 Å². The zero-order chi connectivity index (χ0) is 14.8. The van der Waals surface area contributed by atoms with Crippen LogP contribution in [-0.2, 0) is 6.54 Å². The maximum absolute atomic E-state index is 11.0. The molecule has 5 nitrogen and oxygen atoms in total. The van der Waals surface area contributed by atoms with E-state index in [2.05, 4.69) is 19.2 Å². The quantitative estimate of drug-likeness (QED) is 0.663. The molecule has 0 radical (unpaired) electrons. The van der Waals surface area contributed by atoms with Gasteiger partial charge in [0.05, 0.1) is 12.0 Å². The molecule has 5 heteroatoms. The molecule has 1 atom stereocenters. The third kappa shape index (κ3) is 3.10. The van der Waals surface area contributed by atoms with E-state index in [1.807, 2.05) is 6.07 Å². The van der Waals surface area contributed by atoms with Gasteiger partial charge in [-0.2, -0.15) is 0 Å². The SMILES string of the molecule is COc1ccc(CNC2CCCC2(C)C)cc1[N+](=O)[O-]. The Kier molecular flexibility index (Phi) is 4.28. The van der Waals surface area contributed by atoms with Crippen molar-refractivity contribution in [3.05, 3.63) is 33.9 Å². The standard InChI is InChI=1S/C15H22N2O3/c1-15(2)8-4-5-14(15)16-10-11-6-7-13(20-3)12(9-11)17(18)19/h6-7,9,14,16H,4-5,8,10H2,1-3H3. The first-order valence-corrected chi connectivity index (χ1v) is 6.99. The Morgan fingerprint density at radius 2 is 2.25 bits per heavy atom. The molecule has 0 heterocycles. The minimum absolute atomic E-state index is 0.0254. The first-order chi connectivity index (χ1) is 9.44. The van der Waals surface area contributed by atoms with E-state index in [9.17, 15) is 10.1 Å². The zero-order valence-corrected chi connectivity index (χ0v) is 12.3. The van der Waals surface area contributed by atoms with Gasteiger partial charge in [0.2, 0.25) is 0 Å². The average molecular weight is 278 g/mol. The largest absolute Gasteiger partial charge is 0.490 e. The Bertz CT molecular complexity index is 500. The Morgan fingerprint density at radius 3 is 2.80 bits per heavy atom. The van der Waals surface area contributed by atoms with Crippen molar-refractivity contribution < 1.29 is 9.66 Å². The van der Waals surface area contributed by atoms with E-state index >= 15 is 0 Å². The number of nitro benzene ring substituents is 1. The average Bonchev–Trinajstić information content (AvgIpc) is 2.75. The van der Waals surface area contributed by atoms with Gasteiger partial charge < -0.3 is 10.1 Å². The molecule has 1 aromatic rings. The zero-order valence-electron chi connectivity index (χ0n) is 12.3. The smallest absolute Gasteiger partial charge is 0.311 e. The van der Waals surface area contributed by atoms with Gasteiger partial charge in [-0.3, -0.25) is 10.1 Å². The second-order valence-electron chi connectivity index (χ2n) is 6.08. The molecule has 20 heavy (non-hydrogen) atoms. The fourth-order valence-electron chi connectivity index (χ4n) is 2.93. The highest BCUT2D eigenvalue weighted by molar-refractivity contribution is 5.48. The number of rotatable bonds is 5. The van der Waals surface area contributed by atoms with Crippen LogP contribution in [0.4, 0.5) is 5.69 Å². The van der Waals surface area contributed by atoms with Crippen molar-refractivity contribution in [3.63, 3.8) is 0 Å². The highest BCUT2D eigenvalue weighted by atomic mass is 16.6. The summed E-state index contributed by atoms with van der Waals surface area (Å²) in [6.07, 6.45) is 3.64. The Morgan fingerprint density at radius 1 is 1.50 bits per heavy atom. The van der Waals surface area contributed by atoms with E-state index in [4.69, 9.17) is 4.74 Å². The summed E-state index contributed by atoms with van der Waals surface area (Å²) < 4.78 is 5.01. The van der Waals surface area contributed by atoms with Gasteiger partial charge in [-0.15, -0.1) is 0 Å². The minimum atomic E-state index is -0.401. The first kappa shape index (κ1) is 14.8. The van der Waals surface area contributed by atoms with Crippen molar-refractivity contribution in [1.82, 2.24) is 5.32 Å². The Labute approximate surface area is 119 Å². The van der Waals surface area contributed by atoms with Gasteiger partial charge in [0.1, 0.15) is 0 Å². The van der Waals surface area contributed by atoms with Gasteiger partial charge in [0.25, 0.3) is 0 Å². The molecule has 2 rings (SSSR count). The fourth-order valence-corrected chi connectivity index (χ4v) is 2.93. The van der Waals surface area contributed by atoms with Crippen LogP contribution in [0.2, 0.25) is 0 Å².